The van der Waals surface area contributed by atoms with E-state index in [4.69, 9.17) is 4.74 Å². The first-order chi connectivity index (χ1) is 11.7. The van der Waals surface area contributed by atoms with Gasteiger partial charge in [-0.25, -0.2) is 0 Å². The predicted octanol–water partition coefficient (Wildman–Crippen LogP) is 4.15. The van der Waals surface area contributed by atoms with Gasteiger partial charge in [-0.05, 0) is 29.9 Å². The molecule has 0 spiro atoms. The summed E-state index contributed by atoms with van der Waals surface area (Å²) in [6, 6.07) is 9.84. The fourth-order valence-corrected chi connectivity index (χ4v) is 3.43. The molecule has 1 N–H and O–H groups in total. The topological polar surface area (TPSA) is 59.2 Å². The van der Waals surface area contributed by atoms with Crippen molar-refractivity contribution < 1.29 is 14.3 Å². The lowest BCUT2D eigenvalue weighted by Crippen LogP contribution is -2.14. The zero-order chi connectivity index (χ0) is 16.9. The molecule has 4 nitrogen and oxygen atoms in total. The number of rotatable bonds is 7. The highest BCUT2D eigenvalue weighted by molar-refractivity contribution is 7.09. The number of carbonyl (C=O) groups excluding carboxylic acids is 2. The first-order valence-corrected chi connectivity index (χ1v) is 8.87. The number of para-hydroxylation sites is 1. The van der Waals surface area contributed by atoms with Gasteiger partial charge in [0.15, 0.2) is 6.61 Å². The van der Waals surface area contributed by atoms with Gasteiger partial charge in [-0.1, -0.05) is 31.2 Å². The molecular formula is C19H19NO3S. The highest BCUT2D eigenvalue weighted by atomic mass is 32.1. The molecule has 2 aromatic heterocycles. The number of nitrogens with one attached hydrogen (secondary N) is 1. The number of aryl methyl sites for hydroxylation is 2. The van der Waals surface area contributed by atoms with E-state index in [1.165, 1.54) is 5.56 Å². The van der Waals surface area contributed by atoms with Gasteiger partial charge in [-0.2, -0.15) is 0 Å². The highest BCUT2D eigenvalue weighted by Gasteiger charge is 2.15. The molecule has 24 heavy (non-hydrogen) atoms. The average molecular weight is 341 g/mol. The Morgan fingerprint density at radius 3 is 2.83 bits per heavy atom. The first-order valence-electron chi connectivity index (χ1n) is 7.99. The number of thiophene rings is 1. The minimum atomic E-state index is -0.342. The molecule has 1 aromatic carbocycles. The Kier molecular flexibility index (Phi) is 5.11. The summed E-state index contributed by atoms with van der Waals surface area (Å²) in [4.78, 5) is 28.5. The van der Waals surface area contributed by atoms with Gasteiger partial charge in [0, 0.05) is 27.5 Å². The summed E-state index contributed by atoms with van der Waals surface area (Å²) in [5, 5.41) is 2.86. The number of Topliss-reactive ketones (excluding diaryl/α,β-unsaturated/α-hetero) is 1. The van der Waals surface area contributed by atoms with Crippen LogP contribution in [0.5, 0.6) is 0 Å². The van der Waals surface area contributed by atoms with Gasteiger partial charge in [-0.3, -0.25) is 9.59 Å². The second-order valence-corrected chi connectivity index (χ2v) is 6.59. The van der Waals surface area contributed by atoms with Crippen molar-refractivity contribution in [3.05, 3.63) is 57.9 Å². The van der Waals surface area contributed by atoms with E-state index in [-0.39, 0.29) is 18.4 Å². The van der Waals surface area contributed by atoms with Crippen molar-refractivity contribution in [1.82, 2.24) is 4.98 Å². The van der Waals surface area contributed by atoms with Crippen LogP contribution in [-0.4, -0.2) is 23.3 Å². The number of aromatic nitrogens is 1. The summed E-state index contributed by atoms with van der Waals surface area (Å²) in [6.07, 6.45) is 3.54. The fraction of sp³-hybridized carbons (Fsp3) is 0.263. The quantitative estimate of drug-likeness (QED) is 0.519. The number of aromatic amines is 1. The zero-order valence-corrected chi connectivity index (χ0v) is 14.3. The minimum absolute atomic E-state index is 0.182. The van der Waals surface area contributed by atoms with Gasteiger partial charge in [0.1, 0.15) is 0 Å². The Balaban J connectivity index is 1.60. The molecule has 0 atom stereocenters. The number of hydrogen-bond donors (Lipinski definition) is 1. The maximum absolute atomic E-state index is 12.4. The largest absolute Gasteiger partial charge is 0.457 e. The van der Waals surface area contributed by atoms with Crippen LogP contribution in [0.2, 0.25) is 0 Å². The molecule has 0 saturated carbocycles. The van der Waals surface area contributed by atoms with Gasteiger partial charge < -0.3 is 9.72 Å². The molecule has 5 heteroatoms. The molecule has 124 valence electrons. The molecule has 0 saturated heterocycles. The zero-order valence-electron chi connectivity index (χ0n) is 13.5. The van der Waals surface area contributed by atoms with Gasteiger partial charge in [0.05, 0.1) is 6.42 Å². The Hall–Kier alpha value is -2.40. The Morgan fingerprint density at radius 1 is 1.21 bits per heavy atom. The van der Waals surface area contributed by atoms with Gasteiger partial charge in [0.25, 0.3) is 0 Å². The molecule has 2 heterocycles. The molecule has 0 aliphatic carbocycles. The van der Waals surface area contributed by atoms with Crippen molar-refractivity contribution in [2.75, 3.05) is 6.61 Å². The smallest absolute Gasteiger partial charge is 0.306 e. The Labute approximate surface area is 144 Å². The van der Waals surface area contributed by atoms with Crippen molar-refractivity contribution >= 4 is 34.0 Å². The van der Waals surface area contributed by atoms with Crippen LogP contribution in [0.1, 0.15) is 34.1 Å². The third-order valence-corrected chi connectivity index (χ3v) is 4.94. The van der Waals surface area contributed by atoms with E-state index in [9.17, 15) is 9.59 Å². The summed E-state index contributed by atoms with van der Waals surface area (Å²) in [5.74, 6) is -0.523. The van der Waals surface area contributed by atoms with E-state index < -0.39 is 0 Å². The fourth-order valence-electron chi connectivity index (χ4n) is 2.72. The average Bonchev–Trinajstić information content (AvgIpc) is 3.26. The van der Waals surface area contributed by atoms with Crippen molar-refractivity contribution in [3.8, 4) is 0 Å². The summed E-state index contributed by atoms with van der Waals surface area (Å²) in [7, 11) is 0. The number of ether oxygens (including phenoxy) is 1. The molecule has 3 aromatic rings. The second-order valence-electron chi connectivity index (χ2n) is 5.56. The van der Waals surface area contributed by atoms with E-state index in [1.807, 2.05) is 35.7 Å². The SMILES string of the molecule is CCc1cccc2c(C(=O)COC(=O)CCc3cccs3)c[nH]c12. The van der Waals surface area contributed by atoms with Gasteiger partial charge >= 0.3 is 5.97 Å². The van der Waals surface area contributed by atoms with E-state index in [1.54, 1.807) is 17.5 Å². The molecule has 0 fully saturated rings. The van der Waals surface area contributed by atoms with Crippen LogP contribution in [0, 0.1) is 0 Å². The molecule has 0 bridgehead atoms. The molecule has 0 radical (unpaired) electrons. The third-order valence-electron chi connectivity index (χ3n) is 4.00. The summed E-state index contributed by atoms with van der Waals surface area (Å²) < 4.78 is 5.13. The Morgan fingerprint density at radius 2 is 2.08 bits per heavy atom. The van der Waals surface area contributed by atoms with Crippen molar-refractivity contribution in [3.63, 3.8) is 0 Å². The molecule has 0 aliphatic rings. The molecule has 0 unspecified atom stereocenters. The van der Waals surface area contributed by atoms with Crippen LogP contribution in [0.15, 0.2) is 41.9 Å². The number of benzene rings is 1. The molecule has 0 aliphatic heterocycles. The van der Waals surface area contributed by atoms with E-state index >= 15 is 0 Å². The van der Waals surface area contributed by atoms with Gasteiger partial charge in [0.2, 0.25) is 5.78 Å². The number of fused-ring (bicyclic) bond motifs is 1. The highest BCUT2D eigenvalue weighted by Crippen LogP contribution is 2.22. The molecule has 0 amide bonds. The number of H-pyrrole nitrogens is 1. The molecular weight excluding hydrogens is 322 g/mol. The maximum Gasteiger partial charge on any atom is 0.306 e. The molecule has 3 rings (SSSR count). The van der Waals surface area contributed by atoms with Crippen LogP contribution in [0.3, 0.4) is 0 Å². The number of esters is 1. The maximum atomic E-state index is 12.4. The van der Waals surface area contributed by atoms with Crippen molar-refractivity contribution in [2.45, 2.75) is 26.2 Å². The first kappa shape index (κ1) is 16.5. The summed E-state index contributed by atoms with van der Waals surface area (Å²) in [5.41, 5.74) is 2.72. The summed E-state index contributed by atoms with van der Waals surface area (Å²) >= 11 is 1.61. The van der Waals surface area contributed by atoms with E-state index in [0.717, 1.165) is 22.2 Å². The number of ketones is 1. The van der Waals surface area contributed by atoms with E-state index in [2.05, 4.69) is 11.9 Å². The van der Waals surface area contributed by atoms with Crippen LogP contribution < -0.4 is 0 Å². The van der Waals surface area contributed by atoms with E-state index in [0.29, 0.717) is 18.4 Å². The Bertz CT molecular complexity index is 849. The van der Waals surface area contributed by atoms with Crippen LogP contribution in [0.25, 0.3) is 10.9 Å². The normalized spacial score (nSPS) is 10.9. The third kappa shape index (κ3) is 3.57. The number of hydrogen-bond acceptors (Lipinski definition) is 4. The van der Waals surface area contributed by atoms with Crippen molar-refractivity contribution in [1.29, 1.82) is 0 Å². The second kappa shape index (κ2) is 7.45. The minimum Gasteiger partial charge on any atom is -0.457 e. The van der Waals surface area contributed by atoms with Crippen molar-refractivity contribution in [2.24, 2.45) is 0 Å². The lowest BCUT2D eigenvalue weighted by Gasteiger charge is -2.04. The van der Waals surface area contributed by atoms with Gasteiger partial charge in [-0.15, -0.1) is 11.3 Å². The lowest BCUT2D eigenvalue weighted by atomic mass is 10.1. The predicted molar refractivity (Wildman–Crippen MR) is 95.6 cm³/mol. The monoisotopic (exact) mass is 341 g/mol. The van der Waals surface area contributed by atoms with Crippen LogP contribution in [0.4, 0.5) is 0 Å². The van der Waals surface area contributed by atoms with Crippen LogP contribution >= 0.6 is 11.3 Å². The van der Waals surface area contributed by atoms with Crippen LogP contribution in [-0.2, 0) is 22.4 Å². The summed E-state index contributed by atoms with van der Waals surface area (Å²) in [6.45, 7) is 1.86. The number of carbonyl (C=O) groups is 2. The standard InChI is InChI=1S/C19H19NO3S/c1-2-13-5-3-7-15-16(11-20-19(13)15)17(21)12-23-18(22)9-8-14-6-4-10-24-14/h3-7,10-11,20H,2,8-9,12H2,1H3. The lowest BCUT2D eigenvalue weighted by molar-refractivity contribution is -0.142.